The van der Waals surface area contributed by atoms with Crippen molar-refractivity contribution in [2.45, 2.75) is 44.7 Å². The van der Waals surface area contributed by atoms with Crippen LogP contribution in [0.3, 0.4) is 0 Å². The molecule has 1 N–H and O–H groups in total. The molecule has 0 unspecified atom stereocenters. The Balaban J connectivity index is 1.38. The van der Waals surface area contributed by atoms with Crippen molar-refractivity contribution in [2.75, 3.05) is 52.9 Å². The van der Waals surface area contributed by atoms with E-state index < -0.39 is 17.6 Å². The molecule has 0 radical (unpaired) electrons. The van der Waals surface area contributed by atoms with Crippen LogP contribution in [0.4, 0.5) is 13.2 Å². The minimum atomic E-state index is -4.58. The van der Waals surface area contributed by atoms with Gasteiger partial charge in [-0.1, -0.05) is 18.2 Å². The summed E-state index contributed by atoms with van der Waals surface area (Å²) < 4.78 is 51.8. The van der Waals surface area contributed by atoms with E-state index in [1.807, 2.05) is 30.5 Å². The maximum absolute atomic E-state index is 13.8. The molecule has 3 aromatic rings. The van der Waals surface area contributed by atoms with Gasteiger partial charge in [0.15, 0.2) is 0 Å². The number of carbonyl (C=O) groups is 1. The van der Waals surface area contributed by atoms with Crippen LogP contribution in [0.25, 0.3) is 10.9 Å². The molecule has 5 rings (SSSR count). The van der Waals surface area contributed by atoms with Gasteiger partial charge < -0.3 is 19.4 Å². The fraction of sp³-hybridized carbons (Fsp3) is 0.500. The highest BCUT2D eigenvalue weighted by atomic mass is 19.4. The first kappa shape index (κ1) is 28.4. The van der Waals surface area contributed by atoms with Gasteiger partial charge in [0.05, 0.1) is 24.9 Å². The number of para-hydroxylation sites is 1. The summed E-state index contributed by atoms with van der Waals surface area (Å²) in [5, 5.41) is 1.09. The van der Waals surface area contributed by atoms with E-state index in [-0.39, 0.29) is 29.6 Å². The lowest BCUT2D eigenvalue weighted by Gasteiger charge is -2.43. The zero-order chi connectivity index (χ0) is 28.4. The monoisotopic (exact) mass is 558 g/mol. The number of rotatable bonds is 7. The summed E-state index contributed by atoms with van der Waals surface area (Å²) >= 11 is 0. The van der Waals surface area contributed by atoms with Crippen LogP contribution in [-0.4, -0.2) is 96.8 Å². The molecule has 2 aliphatic heterocycles. The molecule has 0 spiro atoms. The molecule has 0 bridgehead atoms. The number of hydrogen-bond acceptors (Lipinski definition) is 5. The van der Waals surface area contributed by atoms with Crippen molar-refractivity contribution in [3.8, 4) is 5.75 Å². The van der Waals surface area contributed by atoms with Crippen molar-refractivity contribution >= 4 is 16.8 Å². The van der Waals surface area contributed by atoms with E-state index in [0.717, 1.165) is 54.8 Å². The third-order valence-electron chi connectivity index (χ3n) is 7.90. The Hall–Kier alpha value is -3.08. The number of ether oxygens (including phenoxy) is 2. The zero-order valence-electron chi connectivity index (χ0n) is 23.2. The molecule has 2 saturated heterocycles. The predicted molar refractivity (Wildman–Crippen MR) is 148 cm³/mol. The number of piperazine rings is 1. The zero-order valence-corrected chi connectivity index (χ0v) is 23.2. The summed E-state index contributed by atoms with van der Waals surface area (Å²) in [7, 11) is 1.30. The van der Waals surface area contributed by atoms with E-state index in [2.05, 4.69) is 28.6 Å². The Bertz CT molecular complexity index is 1320. The average Bonchev–Trinajstić information content (AvgIpc) is 3.33. The number of aromatic amines is 1. The molecule has 40 heavy (non-hydrogen) atoms. The summed E-state index contributed by atoms with van der Waals surface area (Å²) in [5.41, 5.74) is 1.19. The van der Waals surface area contributed by atoms with Gasteiger partial charge in [0.1, 0.15) is 5.75 Å². The van der Waals surface area contributed by atoms with Crippen LogP contribution in [0.1, 0.15) is 35.3 Å². The topological polar surface area (TPSA) is 61.0 Å². The highest BCUT2D eigenvalue weighted by Crippen LogP contribution is 2.33. The van der Waals surface area contributed by atoms with Crippen molar-refractivity contribution in [2.24, 2.45) is 0 Å². The maximum Gasteiger partial charge on any atom is 0.416 e. The van der Waals surface area contributed by atoms with Crippen LogP contribution in [0.5, 0.6) is 5.75 Å². The maximum atomic E-state index is 13.8. The van der Waals surface area contributed by atoms with E-state index in [1.54, 1.807) is 4.90 Å². The number of H-pyrrole nitrogens is 1. The molecule has 7 nitrogen and oxygen atoms in total. The Labute approximate surface area is 232 Å². The lowest BCUT2D eigenvalue weighted by Crippen LogP contribution is -2.57. The highest BCUT2D eigenvalue weighted by Gasteiger charge is 2.35. The highest BCUT2D eigenvalue weighted by molar-refractivity contribution is 5.95. The minimum absolute atomic E-state index is 0.0129. The van der Waals surface area contributed by atoms with Gasteiger partial charge in [-0.05, 0) is 50.1 Å². The molecule has 1 aromatic heterocycles. The fourth-order valence-electron chi connectivity index (χ4n) is 6.04. The average molecular weight is 559 g/mol. The van der Waals surface area contributed by atoms with Gasteiger partial charge in [-0.2, -0.15) is 13.2 Å². The second-order valence-electron chi connectivity index (χ2n) is 11.0. The third kappa shape index (κ3) is 6.45. The number of methoxy groups -OCH3 is 1. The number of alkyl halides is 3. The largest absolute Gasteiger partial charge is 0.497 e. The Morgan fingerprint density at radius 1 is 1.02 bits per heavy atom. The first-order valence-corrected chi connectivity index (χ1v) is 13.8. The van der Waals surface area contributed by atoms with Gasteiger partial charge in [0.2, 0.25) is 0 Å². The second kappa shape index (κ2) is 11.8. The molecule has 0 saturated carbocycles. The molecule has 216 valence electrons. The van der Waals surface area contributed by atoms with Crippen LogP contribution < -0.4 is 4.74 Å². The standard InChI is InChI=1S/C30H37F3N4O3/c1-20-17-36(18-21(2)40-20)9-8-35-10-11-37(25(19-35)13-23-16-34-28-7-5-4-6-27(23)28)29(38)22-12-24(30(31,32)33)15-26(14-22)39-3/h4-7,12,14-16,20-21,25,34H,8-11,13,17-19H2,1-3H3/t20-,21+,25-/m1/s1. The predicted octanol–water partition coefficient (Wildman–Crippen LogP) is 4.67. The molecule has 3 heterocycles. The Morgan fingerprint density at radius 2 is 1.75 bits per heavy atom. The SMILES string of the molecule is COc1cc(C(=O)N2CCN(CCN3C[C@@H](C)O[C@@H](C)C3)C[C@H]2Cc2c[nH]c3ccccc23)cc(C(F)(F)F)c1. The Kier molecular flexibility index (Phi) is 8.39. The van der Waals surface area contributed by atoms with Crippen LogP contribution in [0.2, 0.25) is 0 Å². The number of benzene rings is 2. The van der Waals surface area contributed by atoms with Gasteiger partial charge in [-0.25, -0.2) is 0 Å². The summed E-state index contributed by atoms with van der Waals surface area (Å²) in [6, 6.07) is 11.0. The summed E-state index contributed by atoms with van der Waals surface area (Å²) in [6.07, 6.45) is -1.64. The smallest absolute Gasteiger partial charge is 0.416 e. The number of hydrogen-bond donors (Lipinski definition) is 1. The van der Waals surface area contributed by atoms with Crippen molar-refractivity contribution in [1.29, 1.82) is 0 Å². The van der Waals surface area contributed by atoms with Crippen LogP contribution in [0, 0.1) is 0 Å². The van der Waals surface area contributed by atoms with Gasteiger partial charge in [-0.3, -0.25) is 14.6 Å². The van der Waals surface area contributed by atoms with E-state index in [9.17, 15) is 18.0 Å². The van der Waals surface area contributed by atoms with Crippen LogP contribution in [0.15, 0.2) is 48.7 Å². The number of nitrogens with zero attached hydrogens (tertiary/aromatic N) is 3. The van der Waals surface area contributed by atoms with E-state index in [4.69, 9.17) is 9.47 Å². The van der Waals surface area contributed by atoms with E-state index in [1.165, 1.54) is 13.2 Å². The number of morpholine rings is 1. The number of amides is 1. The summed E-state index contributed by atoms with van der Waals surface area (Å²) in [5.74, 6) is -0.399. The first-order valence-electron chi connectivity index (χ1n) is 13.8. The molecular weight excluding hydrogens is 521 g/mol. The molecule has 2 aromatic carbocycles. The lowest BCUT2D eigenvalue weighted by atomic mass is 9.99. The number of fused-ring (bicyclic) bond motifs is 1. The van der Waals surface area contributed by atoms with Gasteiger partial charge in [-0.15, -0.1) is 0 Å². The number of aromatic nitrogens is 1. The number of halogens is 3. The summed E-state index contributed by atoms with van der Waals surface area (Å²) in [6.45, 7) is 9.43. The van der Waals surface area contributed by atoms with E-state index >= 15 is 0 Å². The molecule has 2 aliphatic rings. The third-order valence-corrected chi connectivity index (χ3v) is 7.90. The van der Waals surface area contributed by atoms with Gasteiger partial charge >= 0.3 is 6.18 Å². The van der Waals surface area contributed by atoms with Crippen LogP contribution in [-0.2, 0) is 17.3 Å². The van der Waals surface area contributed by atoms with Crippen molar-refractivity contribution in [1.82, 2.24) is 19.7 Å². The van der Waals surface area contributed by atoms with Crippen LogP contribution >= 0.6 is 0 Å². The van der Waals surface area contributed by atoms with Crippen molar-refractivity contribution in [3.05, 3.63) is 65.4 Å². The molecule has 0 aliphatic carbocycles. The molecule has 3 atom stereocenters. The van der Waals surface area contributed by atoms with Gasteiger partial charge in [0.25, 0.3) is 5.91 Å². The van der Waals surface area contributed by atoms with Crippen molar-refractivity contribution < 1.29 is 27.4 Å². The second-order valence-corrected chi connectivity index (χ2v) is 11.0. The normalized spacial score (nSPS) is 23.1. The molecule has 1 amide bonds. The minimum Gasteiger partial charge on any atom is -0.497 e. The van der Waals surface area contributed by atoms with E-state index in [0.29, 0.717) is 26.1 Å². The Morgan fingerprint density at radius 3 is 2.48 bits per heavy atom. The first-order chi connectivity index (χ1) is 19.1. The fourth-order valence-corrected chi connectivity index (χ4v) is 6.04. The molecule has 10 heteroatoms. The van der Waals surface area contributed by atoms with Crippen molar-refractivity contribution in [3.63, 3.8) is 0 Å². The molecule has 2 fully saturated rings. The van der Waals surface area contributed by atoms with Gasteiger partial charge in [0, 0.05) is 74.5 Å². The lowest BCUT2D eigenvalue weighted by molar-refractivity contribution is -0.137. The quantitative estimate of drug-likeness (QED) is 0.457. The summed E-state index contributed by atoms with van der Waals surface area (Å²) in [4.78, 5) is 23.6. The number of carbonyl (C=O) groups excluding carboxylic acids is 1. The number of nitrogens with one attached hydrogen (secondary N) is 1. The molecular formula is C30H37F3N4O3.